The molecule has 2 rings (SSSR count). The van der Waals surface area contributed by atoms with Gasteiger partial charge in [0.15, 0.2) is 0 Å². The molecule has 19 heavy (non-hydrogen) atoms. The maximum Gasteiger partial charge on any atom is 0.377 e. The summed E-state index contributed by atoms with van der Waals surface area (Å²) < 4.78 is 30.5. The van der Waals surface area contributed by atoms with Crippen molar-refractivity contribution in [3.8, 4) is 0 Å². The lowest BCUT2D eigenvalue weighted by atomic mass is 9.97. The molecule has 110 valence electrons. The molecule has 2 aliphatic rings. The first-order chi connectivity index (χ1) is 9.01. The van der Waals surface area contributed by atoms with Crippen molar-refractivity contribution in [2.45, 2.75) is 38.2 Å². The summed E-state index contributed by atoms with van der Waals surface area (Å²) >= 11 is 0. The second kappa shape index (κ2) is 6.13. The predicted octanol–water partition coefficient (Wildman–Crippen LogP) is 1.26. The molecule has 2 saturated heterocycles. The van der Waals surface area contributed by atoms with Crippen LogP contribution in [0.5, 0.6) is 0 Å². The minimum Gasteiger partial charge on any atom is -0.456 e. The van der Waals surface area contributed by atoms with E-state index in [-0.39, 0.29) is 0 Å². The van der Waals surface area contributed by atoms with Gasteiger partial charge < -0.3 is 15.0 Å². The lowest BCUT2D eigenvalue weighted by Crippen LogP contribution is -2.38. The fourth-order valence-electron chi connectivity index (χ4n) is 2.72. The molecule has 0 bridgehead atoms. The van der Waals surface area contributed by atoms with Crippen molar-refractivity contribution in [1.82, 2.24) is 10.2 Å². The van der Waals surface area contributed by atoms with Crippen LogP contribution in [-0.4, -0.2) is 55.6 Å². The Hall–Kier alpha value is -0.750. The van der Waals surface area contributed by atoms with E-state index < -0.39 is 24.4 Å². The fraction of sp³-hybridized carbons (Fsp3) is 0.923. The Morgan fingerprint density at radius 3 is 2.58 bits per heavy atom. The van der Waals surface area contributed by atoms with E-state index in [1.165, 1.54) is 0 Å². The Morgan fingerprint density at radius 2 is 2.05 bits per heavy atom. The Labute approximate surface area is 112 Å². The maximum atomic E-state index is 12.9. The quantitative estimate of drug-likeness (QED) is 0.768. The Bertz CT molecular complexity index is 318. The number of hydrogen-bond acceptors (Lipinski definition) is 4. The summed E-state index contributed by atoms with van der Waals surface area (Å²) in [7, 11) is 0. The number of esters is 1. The number of nitrogens with one attached hydrogen (secondary N) is 1. The van der Waals surface area contributed by atoms with Crippen LogP contribution in [0, 0.1) is 5.92 Å². The molecule has 2 heterocycles. The van der Waals surface area contributed by atoms with Crippen LogP contribution < -0.4 is 5.32 Å². The third-order valence-electron chi connectivity index (χ3n) is 4.02. The second-order valence-corrected chi connectivity index (χ2v) is 5.47. The molecule has 0 saturated carbocycles. The summed E-state index contributed by atoms with van der Waals surface area (Å²) in [5, 5.41) is 3.16. The molecule has 1 N–H and O–H groups in total. The number of nitrogens with zero attached hydrogens (tertiary/aromatic N) is 1. The molecular weight excluding hydrogens is 254 g/mol. The van der Waals surface area contributed by atoms with Crippen molar-refractivity contribution < 1.29 is 18.3 Å². The number of piperidine rings is 1. The van der Waals surface area contributed by atoms with E-state index in [2.05, 4.69) is 21.9 Å². The number of carbonyl (C=O) groups is 1. The van der Waals surface area contributed by atoms with Crippen LogP contribution >= 0.6 is 0 Å². The summed E-state index contributed by atoms with van der Waals surface area (Å²) in [6.07, 6.45) is 1.11. The van der Waals surface area contributed by atoms with Gasteiger partial charge in [-0.25, -0.2) is 4.79 Å². The van der Waals surface area contributed by atoms with Gasteiger partial charge in [0.2, 0.25) is 0 Å². The smallest absolute Gasteiger partial charge is 0.377 e. The van der Waals surface area contributed by atoms with Crippen molar-refractivity contribution in [2.75, 3.05) is 32.7 Å². The van der Waals surface area contributed by atoms with Crippen LogP contribution in [0.25, 0.3) is 0 Å². The Kier molecular flexibility index (Phi) is 4.73. The molecule has 6 heteroatoms. The van der Waals surface area contributed by atoms with Gasteiger partial charge in [-0.15, -0.1) is 0 Å². The fourth-order valence-corrected chi connectivity index (χ4v) is 2.72. The van der Waals surface area contributed by atoms with Crippen LogP contribution in [0.1, 0.15) is 26.2 Å². The van der Waals surface area contributed by atoms with Crippen molar-refractivity contribution >= 4 is 5.97 Å². The Balaban J connectivity index is 1.62. The van der Waals surface area contributed by atoms with E-state index in [0.29, 0.717) is 12.5 Å². The highest BCUT2D eigenvalue weighted by Gasteiger charge is 2.50. The Morgan fingerprint density at radius 1 is 1.37 bits per heavy atom. The topological polar surface area (TPSA) is 41.6 Å². The third kappa shape index (κ3) is 3.86. The standard InChI is InChI=1S/C13H22F2N2O2/c1-2-17-5-3-10(4-6-17)8-16-9-11-7-13(14,15)12(18)19-11/h10-11,16H,2-9H2,1H3. The third-order valence-corrected chi connectivity index (χ3v) is 4.02. The number of halogens is 2. The zero-order chi connectivity index (χ0) is 13.9. The first-order valence-corrected chi connectivity index (χ1v) is 7.03. The zero-order valence-electron chi connectivity index (χ0n) is 11.3. The van der Waals surface area contributed by atoms with E-state index in [4.69, 9.17) is 0 Å². The number of cyclic esters (lactones) is 1. The molecule has 1 unspecified atom stereocenters. The van der Waals surface area contributed by atoms with Crippen molar-refractivity contribution in [1.29, 1.82) is 0 Å². The highest BCUT2D eigenvalue weighted by molar-refractivity contribution is 5.79. The van der Waals surface area contributed by atoms with E-state index in [1.54, 1.807) is 0 Å². The van der Waals surface area contributed by atoms with Gasteiger partial charge in [-0.3, -0.25) is 0 Å². The van der Waals surface area contributed by atoms with Gasteiger partial charge in [0, 0.05) is 6.54 Å². The van der Waals surface area contributed by atoms with E-state index >= 15 is 0 Å². The summed E-state index contributed by atoms with van der Waals surface area (Å²) in [4.78, 5) is 13.2. The molecule has 0 aliphatic carbocycles. The summed E-state index contributed by atoms with van der Waals surface area (Å²) in [6.45, 7) is 6.62. The number of alkyl halides is 2. The second-order valence-electron chi connectivity index (χ2n) is 5.47. The van der Waals surface area contributed by atoms with Gasteiger partial charge in [0.25, 0.3) is 0 Å². The molecule has 0 aromatic rings. The molecule has 0 radical (unpaired) electrons. The van der Waals surface area contributed by atoms with Crippen molar-refractivity contribution in [3.63, 3.8) is 0 Å². The molecule has 2 aliphatic heterocycles. The highest BCUT2D eigenvalue weighted by Crippen LogP contribution is 2.30. The summed E-state index contributed by atoms with van der Waals surface area (Å²) in [6, 6.07) is 0. The van der Waals surface area contributed by atoms with E-state index in [0.717, 1.165) is 39.0 Å². The van der Waals surface area contributed by atoms with Crippen LogP contribution in [0.15, 0.2) is 0 Å². The minimum atomic E-state index is -3.29. The average molecular weight is 276 g/mol. The molecule has 0 aromatic heterocycles. The SMILES string of the molecule is CCN1CCC(CNCC2CC(F)(F)C(=O)O2)CC1. The zero-order valence-corrected chi connectivity index (χ0v) is 11.3. The number of hydrogen-bond donors (Lipinski definition) is 1. The molecule has 0 aromatic carbocycles. The minimum absolute atomic E-state index is 0.329. The highest BCUT2D eigenvalue weighted by atomic mass is 19.3. The van der Waals surface area contributed by atoms with Crippen LogP contribution in [0.3, 0.4) is 0 Å². The monoisotopic (exact) mass is 276 g/mol. The molecule has 0 spiro atoms. The number of likely N-dealkylation sites (tertiary alicyclic amines) is 1. The van der Waals surface area contributed by atoms with E-state index in [9.17, 15) is 13.6 Å². The molecule has 4 nitrogen and oxygen atoms in total. The van der Waals surface area contributed by atoms with Crippen molar-refractivity contribution in [3.05, 3.63) is 0 Å². The average Bonchev–Trinajstić information content (AvgIpc) is 2.64. The lowest BCUT2D eigenvalue weighted by molar-refractivity contribution is -0.159. The van der Waals surface area contributed by atoms with Gasteiger partial charge in [-0.2, -0.15) is 8.78 Å². The summed E-state index contributed by atoms with van der Waals surface area (Å²) in [5.41, 5.74) is 0. The first kappa shape index (κ1) is 14.7. The normalized spacial score (nSPS) is 28.6. The van der Waals surface area contributed by atoms with Gasteiger partial charge in [-0.05, 0) is 44.9 Å². The lowest BCUT2D eigenvalue weighted by Gasteiger charge is -2.31. The van der Waals surface area contributed by atoms with Crippen LogP contribution in [0.2, 0.25) is 0 Å². The number of rotatable bonds is 5. The molecular formula is C13H22F2N2O2. The van der Waals surface area contributed by atoms with Gasteiger partial charge in [-0.1, -0.05) is 6.92 Å². The van der Waals surface area contributed by atoms with E-state index in [1.807, 2.05) is 0 Å². The first-order valence-electron chi connectivity index (χ1n) is 7.03. The maximum absolute atomic E-state index is 12.9. The number of carbonyl (C=O) groups excluding carboxylic acids is 1. The number of ether oxygens (including phenoxy) is 1. The largest absolute Gasteiger partial charge is 0.456 e. The van der Waals surface area contributed by atoms with Crippen LogP contribution in [0.4, 0.5) is 8.78 Å². The molecule has 0 amide bonds. The summed E-state index contributed by atoms with van der Waals surface area (Å²) in [5.74, 6) is -4.07. The molecule has 1 atom stereocenters. The molecule has 2 fully saturated rings. The van der Waals surface area contributed by atoms with Gasteiger partial charge in [0.1, 0.15) is 6.10 Å². The van der Waals surface area contributed by atoms with Crippen molar-refractivity contribution in [2.24, 2.45) is 5.92 Å². The van der Waals surface area contributed by atoms with Crippen LogP contribution in [-0.2, 0) is 9.53 Å². The van der Waals surface area contributed by atoms with Gasteiger partial charge >= 0.3 is 11.9 Å². The van der Waals surface area contributed by atoms with Gasteiger partial charge in [0.05, 0.1) is 6.42 Å². The predicted molar refractivity (Wildman–Crippen MR) is 67.2 cm³/mol.